The van der Waals surface area contributed by atoms with Crippen LogP contribution in [-0.4, -0.2) is 42.0 Å². The molecule has 0 saturated carbocycles. The third-order valence-corrected chi connectivity index (χ3v) is 3.97. The molecule has 2 aromatic rings. The first kappa shape index (κ1) is 15.6. The minimum absolute atomic E-state index is 0.0668. The standard InChI is InChI=1S/C17H20FN3O2/c18-15-5-3-14(4-6-15)13-20-7-9-21(10-8-20)17(22)19-12-16-2-1-11-23-16/h1-6,11H,7-10,12-13H2,(H,19,22). The van der Waals surface area contributed by atoms with Gasteiger partial charge in [-0.05, 0) is 29.8 Å². The van der Waals surface area contributed by atoms with Crippen LogP contribution in [0.2, 0.25) is 0 Å². The van der Waals surface area contributed by atoms with Crippen molar-refractivity contribution in [1.29, 1.82) is 0 Å². The van der Waals surface area contributed by atoms with Gasteiger partial charge in [-0.2, -0.15) is 0 Å². The van der Waals surface area contributed by atoms with Crippen molar-refractivity contribution in [3.05, 3.63) is 59.8 Å². The molecule has 0 unspecified atom stereocenters. The number of hydrogen-bond acceptors (Lipinski definition) is 3. The molecule has 1 aliphatic rings. The average Bonchev–Trinajstić information content (AvgIpc) is 3.09. The van der Waals surface area contributed by atoms with Crippen molar-refractivity contribution in [3.8, 4) is 0 Å². The number of rotatable bonds is 4. The molecule has 1 aromatic heterocycles. The molecule has 3 rings (SSSR count). The quantitative estimate of drug-likeness (QED) is 0.942. The molecule has 0 bridgehead atoms. The number of carbonyl (C=O) groups is 1. The number of piperazine rings is 1. The summed E-state index contributed by atoms with van der Waals surface area (Å²) in [6.07, 6.45) is 1.59. The summed E-state index contributed by atoms with van der Waals surface area (Å²) in [5.74, 6) is 0.528. The van der Waals surface area contributed by atoms with E-state index in [1.165, 1.54) is 12.1 Å². The van der Waals surface area contributed by atoms with Gasteiger partial charge < -0.3 is 14.6 Å². The molecular formula is C17H20FN3O2. The molecular weight excluding hydrogens is 297 g/mol. The highest BCUT2D eigenvalue weighted by Gasteiger charge is 2.21. The number of carbonyl (C=O) groups excluding carboxylic acids is 1. The Morgan fingerprint density at radius 3 is 2.52 bits per heavy atom. The highest BCUT2D eigenvalue weighted by atomic mass is 19.1. The Labute approximate surface area is 134 Å². The number of hydrogen-bond donors (Lipinski definition) is 1. The molecule has 1 saturated heterocycles. The van der Waals surface area contributed by atoms with Gasteiger partial charge in [-0.25, -0.2) is 9.18 Å². The van der Waals surface area contributed by atoms with Crippen LogP contribution in [0, 0.1) is 5.82 Å². The third-order valence-electron chi connectivity index (χ3n) is 3.97. The summed E-state index contributed by atoms with van der Waals surface area (Å²) in [5, 5.41) is 2.86. The molecule has 23 heavy (non-hydrogen) atoms. The fourth-order valence-electron chi connectivity index (χ4n) is 2.64. The van der Waals surface area contributed by atoms with Gasteiger partial charge in [0.1, 0.15) is 11.6 Å². The van der Waals surface area contributed by atoms with Crippen LogP contribution in [0.3, 0.4) is 0 Å². The molecule has 1 aromatic carbocycles. The Morgan fingerprint density at radius 2 is 1.87 bits per heavy atom. The van der Waals surface area contributed by atoms with E-state index in [0.717, 1.165) is 31.0 Å². The summed E-state index contributed by atoms with van der Waals surface area (Å²) < 4.78 is 18.1. The van der Waals surface area contributed by atoms with Crippen LogP contribution >= 0.6 is 0 Å². The molecule has 0 atom stereocenters. The van der Waals surface area contributed by atoms with Gasteiger partial charge in [-0.3, -0.25) is 4.90 Å². The normalized spacial score (nSPS) is 15.6. The third kappa shape index (κ3) is 4.32. The number of urea groups is 1. The molecule has 1 N–H and O–H groups in total. The van der Waals surface area contributed by atoms with Crippen molar-refractivity contribution < 1.29 is 13.6 Å². The monoisotopic (exact) mass is 317 g/mol. The molecule has 1 aliphatic heterocycles. The van der Waals surface area contributed by atoms with E-state index in [0.29, 0.717) is 19.6 Å². The van der Waals surface area contributed by atoms with E-state index in [4.69, 9.17) is 4.42 Å². The molecule has 2 amide bonds. The van der Waals surface area contributed by atoms with E-state index in [9.17, 15) is 9.18 Å². The van der Waals surface area contributed by atoms with E-state index < -0.39 is 0 Å². The van der Waals surface area contributed by atoms with Crippen molar-refractivity contribution in [2.75, 3.05) is 26.2 Å². The van der Waals surface area contributed by atoms with Gasteiger partial charge in [-0.1, -0.05) is 12.1 Å². The number of halogens is 1. The first-order valence-corrected chi connectivity index (χ1v) is 7.73. The van der Waals surface area contributed by atoms with E-state index in [-0.39, 0.29) is 11.8 Å². The van der Waals surface area contributed by atoms with Crippen molar-refractivity contribution in [3.63, 3.8) is 0 Å². The number of nitrogens with zero attached hydrogens (tertiary/aromatic N) is 2. The summed E-state index contributed by atoms with van der Waals surface area (Å²) in [4.78, 5) is 16.2. The Balaban J connectivity index is 1.42. The Kier molecular flexibility index (Phi) is 4.92. The maximum atomic E-state index is 12.9. The van der Waals surface area contributed by atoms with Gasteiger partial charge in [0.05, 0.1) is 12.8 Å². The zero-order valence-electron chi connectivity index (χ0n) is 12.9. The van der Waals surface area contributed by atoms with Crippen LogP contribution in [0.5, 0.6) is 0 Å². The fourth-order valence-corrected chi connectivity index (χ4v) is 2.64. The summed E-state index contributed by atoms with van der Waals surface area (Å²) >= 11 is 0. The second-order valence-corrected chi connectivity index (χ2v) is 5.63. The number of amides is 2. The van der Waals surface area contributed by atoms with E-state index in [2.05, 4.69) is 10.2 Å². The van der Waals surface area contributed by atoms with Crippen LogP contribution in [0.1, 0.15) is 11.3 Å². The molecule has 6 heteroatoms. The van der Waals surface area contributed by atoms with Crippen LogP contribution in [0.4, 0.5) is 9.18 Å². The van der Waals surface area contributed by atoms with Crippen molar-refractivity contribution in [1.82, 2.24) is 15.1 Å². The Hall–Kier alpha value is -2.34. The van der Waals surface area contributed by atoms with Crippen molar-refractivity contribution in [2.24, 2.45) is 0 Å². The minimum atomic E-state index is -0.216. The Bertz CT molecular complexity index is 620. The fraction of sp³-hybridized carbons (Fsp3) is 0.353. The van der Waals surface area contributed by atoms with Gasteiger partial charge in [0.15, 0.2) is 0 Å². The smallest absolute Gasteiger partial charge is 0.317 e. The molecule has 0 spiro atoms. The predicted octanol–water partition coefficient (Wildman–Crippen LogP) is 2.45. The zero-order valence-corrected chi connectivity index (χ0v) is 12.9. The summed E-state index contributed by atoms with van der Waals surface area (Å²) in [7, 11) is 0. The van der Waals surface area contributed by atoms with Crippen molar-refractivity contribution >= 4 is 6.03 Å². The van der Waals surface area contributed by atoms with E-state index >= 15 is 0 Å². The number of nitrogens with one attached hydrogen (secondary N) is 1. The van der Waals surface area contributed by atoms with Gasteiger partial charge >= 0.3 is 6.03 Å². The molecule has 0 radical (unpaired) electrons. The van der Waals surface area contributed by atoms with Crippen LogP contribution in [-0.2, 0) is 13.1 Å². The van der Waals surface area contributed by atoms with Gasteiger partial charge in [0, 0.05) is 32.7 Å². The summed E-state index contributed by atoms with van der Waals surface area (Å²) in [5.41, 5.74) is 1.09. The van der Waals surface area contributed by atoms with Crippen LogP contribution < -0.4 is 5.32 Å². The SMILES string of the molecule is O=C(NCc1ccco1)N1CCN(Cc2ccc(F)cc2)CC1. The summed E-state index contributed by atoms with van der Waals surface area (Å²) in [6.45, 7) is 4.18. The Morgan fingerprint density at radius 1 is 1.13 bits per heavy atom. The maximum Gasteiger partial charge on any atom is 0.317 e. The highest BCUT2D eigenvalue weighted by Crippen LogP contribution is 2.10. The maximum absolute atomic E-state index is 12.9. The highest BCUT2D eigenvalue weighted by molar-refractivity contribution is 5.74. The van der Waals surface area contributed by atoms with Gasteiger partial charge in [-0.15, -0.1) is 0 Å². The lowest BCUT2D eigenvalue weighted by atomic mass is 10.2. The molecule has 122 valence electrons. The lowest BCUT2D eigenvalue weighted by Gasteiger charge is -2.34. The molecule has 0 aliphatic carbocycles. The van der Waals surface area contributed by atoms with E-state index in [1.54, 1.807) is 24.5 Å². The van der Waals surface area contributed by atoms with E-state index in [1.807, 2.05) is 11.0 Å². The second kappa shape index (κ2) is 7.28. The average molecular weight is 317 g/mol. The number of furan rings is 1. The van der Waals surface area contributed by atoms with Crippen molar-refractivity contribution in [2.45, 2.75) is 13.1 Å². The topological polar surface area (TPSA) is 48.7 Å². The first-order chi connectivity index (χ1) is 11.2. The first-order valence-electron chi connectivity index (χ1n) is 7.73. The zero-order chi connectivity index (χ0) is 16.1. The largest absolute Gasteiger partial charge is 0.467 e. The predicted molar refractivity (Wildman–Crippen MR) is 84.2 cm³/mol. The molecule has 1 fully saturated rings. The molecule has 2 heterocycles. The van der Waals surface area contributed by atoms with Gasteiger partial charge in [0.2, 0.25) is 0 Å². The molecule has 5 nitrogen and oxygen atoms in total. The van der Waals surface area contributed by atoms with Crippen LogP contribution in [0.15, 0.2) is 47.1 Å². The summed E-state index contributed by atoms with van der Waals surface area (Å²) in [6, 6.07) is 10.1. The lowest BCUT2D eigenvalue weighted by molar-refractivity contribution is 0.134. The number of benzene rings is 1. The van der Waals surface area contributed by atoms with Crippen LogP contribution in [0.25, 0.3) is 0 Å². The second-order valence-electron chi connectivity index (χ2n) is 5.63. The lowest BCUT2D eigenvalue weighted by Crippen LogP contribution is -2.51. The van der Waals surface area contributed by atoms with Gasteiger partial charge in [0.25, 0.3) is 0 Å². The minimum Gasteiger partial charge on any atom is -0.467 e.